The number of ketones is 1. The standard InChI is InChI=1S/C19H23N3O2/c1-11-9-15(22(5)6)7-8-16(11)21-18-12(2)10-17(24)19(13(18)3)20-14(4)23/h7-10H,1-6H3,(H,20,23). The Hall–Kier alpha value is -2.69. The number of nitrogens with zero attached hydrogens (tertiary/aromatic N) is 2. The molecule has 5 heteroatoms. The molecule has 0 saturated heterocycles. The number of anilines is 1. The first-order valence-electron chi connectivity index (χ1n) is 7.79. The van der Waals surface area contributed by atoms with Crippen LogP contribution in [-0.2, 0) is 9.59 Å². The largest absolute Gasteiger partial charge is 0.378 e. The fraction of sp³-hybridized carbons (Fsp3) is 0.316. The van der Waals surface area contributed by atoms with Crippen molar-refractivity contribution >= 4 is 28.8 Å². The number of allylic oxidation sites excluding steroid dienone is 3. The van der Waals surface area contributed by atoms with Crippen LogP contribution in [0.4, 0.5) is 11.4 Å². The first-order chi connectivity index (χ1) is 11.2. The van der Waals surface area contributed by atoms with Gasteiger partial charge in [0.2, 0.25) is 11.7 Å². The van der Waals surface area contributed by atoms with E-state index in [9.17, 15) is 9.59 Å². The summed E-state index contributed by atoms with van der Waals surface area (Å²) in [5.41, 5.74) is 5.50. The van der Waals surface area contributed by atoms with Gasteiger partial charge in [0, 0.05) is 32.3 Å². The van der Waals surface area contributed by atoms with Crippen LogP contribution in [0.5, 0.6) is 0 Å². The minimum atomic E-state index is -0.267. The average molecular weight is 325 g/mol. The molecule has 0 fully saturated rings. The van der Waals surface area contributed by atoms with Crippen LogP contribution in [0.15, 0.2) is 46.1 Å². The quantitative estimate of drug-likeness (QED) is 0.869. The Kier molecular flexibility index (Phi) is 5.02. The zero-order chi connectivity index (χ0) is 18.0. The summed E-state index contributed by atoms with van der Waals surface area (Å²) in [6, 6.07) is 6.04. The van der Waals surface area contributed by atoms with E-state index in [-0.39, 0.29) is 11.7 Å². The number of hydrogen-bond donors (Lipinski definition) is 1. The summed E-state index contributed by atoms with van der Waals surface area (Å²) in [6.45, 7) is 7.06. The van der Waals surface area contributed by atoms with Crippen LogP contribution in [0, 0.1) is 6.92 Å². The number of nitrogens with one attached hydrogen (secondary N) is 1. The molecule has 126 valence electrons. The molecular formula is C19H23N3O2. The number of aryl methyl sites for hydroxylation is 1. The van der Waals surface area contributed by atoms with Crippen molar-refractivity contribution in [3.8, 4) is 0 Å². The highest BCUT2D eigenvalue weighted by Gasteiger charge is 2.23. The maximum atomic E-state index is 12.1. The molecule has 0 radical (unpaired) electrons. The molecule has 1 N–H and O–H groups in total. The molecule has 1 aromatic rings. The lowest BCUT2D eigenvalue weighted by Crippen LogP contribution is -2.30. The normalized spacial score (nSPS) is 16.3. The Morgan fingerprint density at radius 1 is 1.17 bits per heavy atom. The third kappa shape index (κ3) is 3.62. The SMILES string of the molecule is CC(=O)NC1=C(C)C(=Nc2ccc(N(C)C)cc2C)C(C)=CC1=O. The van der Waals surface area contributed by atoms with Gasteiger partial charge >= 0.3 is 0 Å². The Bertz CT molecular complexity index is 799. The summed E-state index contributed by atoms with van der Waals surface area (Å²) in [7, 11) is 3.99. The van der Waals surface area contributed by atoms with Crippen molar-refractivity contribution < 1.29 is 9.59 Å². The number of carbonyl (C=O) groups is 2. The molecule has 0 heterocycles. The van der Waals surface area contributed by atoms with E-state index in [1.54, 1.807) is 0 Å². The predicted molar refractivity (Wildman–Crippen MR) is 97.9 cm³/mol. The highest BCUT2D eigenvalue weighted by Crippen LogP contribution is 2.27. The van der Waals surface area contributed by atoms with E-state index in [4.69, 9.17) is 4.99 Å². The number of carbonyl (C=O) groups excluding carboxylic acids is 2. The Balaban J connectivity index is 2.51. The van der Waals surface area contributed by atoms with Gasteiger partial charge in [-0.05, 0) is 56.2 Å². The van der Waals surface area contributed by atoms with E-state index in [0.717, 1.165) is 28.2 Å². The minimum Gasteiger partial charge on any atom is -0.378 e. The average Bonchev–Trinajstić information content (AvgIpc) is 2.48. The van der Waals surface area contributed by atoms with E-state index in [1.807, 2.05) is 51.9 Å². The van der Waals surface area contributed by atoms with Crippen LogP contribution in [0.25, 0.3) is 0 Å². The van der Waals surface area contributed by atoms with Crippen molar-refractivity contribution in [2.75, 3.05) is 19.0 Å². The number of aliphatic imine (C=N–C) groups is 1. The van der Waals surface area contributed by atoms with Crippen LogP contribution < -0.4 is 10.2 Å². The first kappa shape index (κ1) is 17.7. The fourth-order valence-corrected chi connectivity index (χ4v) is 2.60. The van der Waals surface area contributed by atoms with Gasteiger partial charge in [0.25, 0.3) is 0 Å². The zero-order valence-electron chi connectivity index (χ0n) is 15.0. The van der Waals surface area contributed by atoms with Gasteiger partial charge in [-0.15, -0.1) is 0 Å². The molecule has 0 aliphatic heterocycles. The first-order valence-corrected chi connectivity index (χ1v) is 7.79. The van der Waals surface area contributed by atoms with Crippen molar-refractivity contribution in [3.05, 3.63) is 46.7 Å². The number of benzene rings is 1. The molecule has 0 bridgehead atoms. The van der Waals surface area contributed by atoms with Gasteiger partial charge in [-0.2, -0.15) is 0 Å². The minimum absolute atomic E-state index is 0.196. The van der Waals surface area contributed by atoms with Crippen molar-refractivity contribution in [3.63, 3.8) is 0 Å². The van der Waals surface area contributed by atoms with Gasteiger partial charge in [-0.3, -0.25) is 9.59 Å². The summed E-state index contributed by atoms with van der Waals surface area (Å²) in [5, 5.41) is 2.62. The van der Waals surface area contributed by atoms with Gasteiger partial charge in [0.05, 0.1) is 17.1 Å². The van der Waals surface area contributed by atoms with Crippen molar-refractivity contribution in [2.45, 2.75) is 27.7 Å². The molecule has 0 spiro atoms. The van der Waals surface area contributed by atoms with Gasteiger partial charge in [0.1, 0.15) is 0 Å². The molecule has 1 amide bonds. The summed E-state index contributed by atoms with van der Waals surface area (Å²) in [5.74, 6) is -0.463. The molecule has 1 aliphatic rings. The summed E-state index contributed by atoms with van der Waals surface area (Å²) < 4.78 is 0. The molecule has 0 aromatic heterocycles. The lowest BCUT2D eigenvalue weighted by molar-refractivity contribution is -0.120. The molecule has 1 aromatic carbocycles. The maximum absolute atomic E-state index is 12.1. The third-order valence-electron chi connectivity index (χ3n) is 3.93. The van der Waals surface area contributed by atoms with E-state index < -0.39 is 0 Å². The lowest BCUT2D eigenvalue weighted by Gasteiger charge is -2.19. The molecule has 0 saturated carbocycles. The fourth-order valence-electron chi connectivity index (χ4n) is 2.60. The second-order valence-electron chi connectivity index (χ2n) is 6.20. The second-order valence-corrected chi connectivity index (χ2v) is 6.20. The van der Waals surface area contributed by atoms with E-state index in [2.05, 4.69) is 11.4 Å². The van der Waals surface area contributed by atoms with Gasteiger partial charge in [0.15, 0.2) is 0 Å². The molecule has 0 atom stereocenters. The molecule has 24 heavy (non-hydrogen) atoms. The lowest BCUT2D eigenvalue weighted by atomic mass is 9.94. The van der Waals surface area contributed by atoms with Crippen molar-refractivity contribution in [2.24, 2.45) is 4.99 Å². The van der Waals surface area contributed by atoms with E-state index >= 15 is 0 Å². The number of rotatable bonds is 3. The number of hydrogen-bond acceptors (Lipinski definition) is 4. The van der Waals surface area contributed by atoms with E-state index in [0.29, 0.717) is 11.3 Å². The monoisotopic (exact) mass is 325 g/mol. The highest BCUT2D eigenvalue weighted by molar-refractivity contribution is 6.25. The molecule has 1 aliphatic carbocycles. The van der Waals surface area contributed by atoms with Crippen LogP contribution in [0.2, 0.25) is 0 Å². The van der Waals surface area contributed by atoms with Crippen LogP contribution in [0.1, 0.15) is 26.3 Å². The Labute approximate surface area is 142 Å². The van der Waals surface area contributed by atoms with Gasteiger partial charge < -0.3 is 10.2 Å². The Morgan fingerprint density at radius 3 is 2.38 bits per heavy atom. The van der Waals surface area contributed by atoms with Crippen LogP contribution >= 0.6 is 0 Å². The van der Waals surface area contributed by atoms with Crippen LogP contribution in [-0.4, -0.2) is 31.5 Å². The smallest absolute Gasteiger partial charge is 0.221 e. The van der Waals surface area contributed by atoms with Crippen molar-refractivity contribution in [1.29, 1.82) is 0 Å². The zero-order valence-corrected chi connectivity index (χ0v) is 15.0. The molecule has 2 rings (SSSR count). The maximum Gasteiger partial charge on any atom is 0.221 e. The summed E-state index contributed by atoms with van der Waals surface area (Å²) >= 11 is 0. The van der Waals surface area contributed by atoms with Gasteiger partial charge in [-0.1, -0.05) is 0 Å². The molecule has 5 nitrogen and oxygen atoms in total. The highest BCUT2D eigenvalue weighted by atomic mass is 16.2. The van der Waals surface area contributed by atoms with Crippen LogP contribution in [0.3, 0.4) is 0 Å². The third-order valence-corrected chi connectivity index (χ3v) is 3.93. The molecular weight excluding hydrogens is 302 g/mol. The van der Waals surface area contributed by atoms with Gasteiger partial charge in [-0.25, -0.2) is 4.99 Å². The van der Waals surface area contributed by atoms with Crippen molar-refractivity contribution in [1.82, 2.24) is 5.32 Å². The Morgan fingerprint density at radius 2 is 1.83 bits per heavy atom. The second kappa shape index (κ2) is 6.83. The predicted octanol–water partition coefficient (Wildman–Crippen LogP) is 3.07. The summed E-state index contributed by atoms with van der Waals surface area (Å²) in [4.78, 5) is 30.2. The summed E-state index contributed by atoms with van der Waals surface area (Å²) in [6.07, 6.45) is 1.51. The van der Waals surface area contributed by atoms with E-state index in [1.165, 1.54) is 13.0 Å². The topological polar surface area (TPSA) is 61.8 Å². The molecule has 0 unspecified atom stereocenters. The number of amides is 1.